The average Bonchev–Trinajstić information content (AvgIpc) is 2.87. The number of benzene rings is 2. The molecule has 36 heavy (non-hydrogen) atoms. The van der Waals surface area contributed by atoms with Crippen molar-refractivity contribution in [3.63, 3.8) is 0 Å². The number of hydrogen-bond donors (Lipinski definition) is 4. The van der Waals surface area contributed by atoms with Crippen LogP contribution in [0.4, 0.5) is 11.6 Å². The molecule has 4 rings (SSSR count). The van der Waals surface area contributed by atoms with Crippen molar-refractivity contribution >= 4 is 23.2 Å². The number of hydrogen-bond acceptors (Lipinski definition) is 10. The van der Waals surface area contributed by atoms with Crippen molar-refractivity contribution in [2.45, 2.75) is 19.4 Å². The predicted octanol–water partition coefficient (Wildman–Crippen LogP) is 1.41. The van der Waals surface area contributed by atoms with E-state index in [-0.39, 0.29) is 37.2 Å². The predicted molar refractivity (Wildman–Crippen MR) is 129 cm³/mol. The van der Waals surface area contributed by atoms with E-state index < -0.39 is 17.7 Å². The van der Waals surface area contributed by atoms with E-state index in [1.165, 1.54) is 17.0 Å². The monoisotopic (exact) mass is 512 g/mol. The zero-order valence-electron chi connectivity index (χ0n) is 18.7. The maximum atomic E-state index is 13.0. The molecule has 0 amide bonds. The third-order valence-electron chi connectivity index (χ3n) is 4.97. The zero-order chi connectivity index (χ0) is 25.7. The maximum absolute atomic E-state index is 13.0. The van der Waals surface area contributed by atoms with Crippen molar-refractivity contribution in [2.75, 3.05) is 11.9 Å². The molecule has 0 saturated heterocycles. The van der Waals surface area contributed by atoms with Gasteiger partial charge in [0.25, 0.3) is 0 Å². The molecule has 4 N–H and O–H groups in total. The van der Waals surface area contributed by atoms with Crippen molar-refractivity contribution in [2.24, 2.45) is 0 Å². The molecule has 0 aliphatic carbocycles. The summed E-state index contributed by atoms with van der Waals surface area (Å²) in [6, 6.07) is 13.4. The fraction of sp³-hybridized carbons (Fsp3) is 0.174. The Morgan fingerprint density at radius 2 is 1.69 bits per heavy atom. The first-order valence-corrected chi connectivity index (χ1v) is 11.0. The Balaban J connectivity index is 1.58. The van der Waals surface area contributed by atoms with E-state index in [2.05, 4.69) is 20.3 Å². The van der Waals surface area contributed by atoms with Crippen molar-refractivity contribution in [1.29, 1.82) is 0 Å². The molecule has 12 nitrogen and oxygen atoms in total. The van der Waals surface area contributed by atoms with Gasteiger partial charge in [-0.15, -0.1) is 0 Å². The first-order valence-electron chi connectivity index (χ1n) is 10.6. The molecular weight excluding hydrogens is 492 g/mol. The van der Waals surface area contributed by atoms with Gasteiger partial charge in [0.1, 0.15) is 11.4 Å². The molecule has 0 fully saturated rings. The Morgan fingerprint density at radius 1 is 0.972 bits per heavy atom. The number of rotatable bonds is 9. The van der Waals surface area contributed by atoms with Crippen LogP contribution >= 0.6 is 11.6 Å². The lowest BCUT2D eigenvalue weighted by Crippen LogP contribution is -2.43. The summed E-state index contributed by atoms with van der Waals surface area (Å²) in [7, 11) is 0. The van der Waals surface area contributed by atoms with Gasteiger partial charge in [-0.25, -0.2) is 24.1 Å². The van der Waals surface area contributed by atoms with Crippen LogP contribution in [0, 0.1) is 0 Å². The standard InChI is InChI=1S/C23H21ClN6O6/c24-15-3-1-14(2-4-15)13-30-21(28-22(34)29(9-10-31)23(30)35)27-16-5-7-17(8-6-16)36-19-12-25-18(11-26-19)20(32)33/h1-8,11-12,20,31-33H,9-10,13H2,(H,27,28,34). The quantitative estimate of drug-likeness (QED) is 0.241. The second-order valence-electron chi connectivity index (χ2n) is 7.49. The van der Waals surface area contributed by atoms with Crippen LogP contribution in [0.1, 0.15) is 17.5 Å². The molecule has 0 spiro atoms. The van der Waals surface area contributed by atoms with Crippen LogP contribution in [-0.2, 0) is 13.1 Å². The Bertz CT molecular complexity index is 1440. The summed E-state index contributed by atoms with van der Waals surface area (Å²) < 4.78 is 7.74. The van der Waals surface area contributed by atoms with Gasteiger partial charge in [-0.1, -0.05) is 23.7 Å². The summed E-state index contributed by atoms with van der Waals surface area (Å²) >= 11 is 5.95. The summed E-state index contributed by atoms with van der Waals surface area (Å²) in [5, 5.41) is 30.9. The second kappa shape index (κ2) is 11.1. The Morgan fingerprint density at radius 3 is 2.31 bits per heavy atom. The zero-order valence-corrected chi connectivity index (χ0v) is 19.4. The van der Waals surface area contributed by atoms with E-state index in [1.807, 2.05) is 0 Å². The van der Waals surface area contributed by atoms with Gasteiger partial charge in [0.15, 0.2) is 6.29 Å². The van der Waals surface area contributed by atoms with Gasteiger partial charge >= 0.3 is 11.4 Å². The maximum Gasteiger partial charge on any atom is 0.355 e. The molecule has 0 saturated carbocycles. The van der Waals surface area contributed by atoms with Gasteiger partial charge in [0.2, 0.25) is 11.8 Å². The Kier molecular flexibility index (Phi) is 7.71. The van der Waals surface area contributed by atoms with Crippen LogP contribution in [0.2, 0.25) is 5.02 Å². The molecule has 0 aliphatic rings. The van der Waals surface area contributed by atoms with E-state index in [0.717, 1.165) is 10.1 Å². The summed E-state index contributed by atoms with van der Waals surface area (Å²) in [6.07, 6.45) is 0.704. The van der Waals surface area contributed by atoms with E-state index in [4.69, 9.17) is 26.6 Å². The van der Waals surface area contributed by atoms with Gasteiger partial charge in [-0.05, 0) is 42.0 Å². The first kappa shape index (κ1) is 25.0. The van der Waals surface area contributed by atoms with Crippen molar-refractivity contribution in [3.8, 4) is 11.6 Å². The highest BCUT2D eigenvalue weighted by Crippen LogP contribution is 2.23. The minimum atomic E-state index is -1.73. The molecule has 2 aromatic carbocycles. The molecule has 0 atom stereocenters. The molecule has 0 aliphatic heterocycles. The molecule has 2 heterocycles. The van der Waals surface area contributed by atoms with Crippen LogP contribution in [0.25, 0.3) is 0 Å². The highest BCUT2D eigenvalue weighted by atomic mass is 35.5. The van der Waals surface area contributed by atoms with E-state index in [1.54, 1.807) is 48.5 Å². The number of halogens is 1. The van der Waals surface area contributed by atoms with Crippen LogP contribution in [0.5, 0.6) is 11.6 Å². The van der Waals surface area contributed by atoms with Gasteiger partial charge in [-0.2, -0.15) is 4.98 Å². The van der Waals surface area contributed by atoms with Gasteiger partial charge in [0.05, 0.1) is 32.1 Å². The van der Waals surface area contributed by atoms with Gasteiger partial charge in [-0.3, -0.25) is 4.57 Å². The van der Waals surface area contributed by atoms with Crippen LogP contribution in [-0.4, -0.2) is 46.0 Å². The molecule has 0 radical (unpaired) electrons. The topological polar surface area (TPSA) is 165 Å². The van der Waals surface area contributed by atoms with Crippen molar-refractivity contribution in [1.82, 2.24) is 24.1 Å². The summed E-state index contributed by atoms with van der Waals surface area (Å²) in [6.45, 7) is -0.464. The fourth-order valence-corrected chi connectivity index (χ4v) is 3.33. The third kappa shape index (κ3) is 5.93. The van der Waals surface area contributed by atoms with Crippen LogP contribution in [0.3, 0.4) is 0 Å². The minimum absolute atomic E-state index is 0.0139. The summed E-state index contributed by atoms with van der Waals surface area (Å²) in [4.78, 5) is 37.2. The number of anilines is 2. The lowest BCUT2D eigenvalue weighted by Gasteiger charge is -2.15. The third-order valence-corrected chi connectivity index (χ3v) is 5.22. The molecule has 2 aromatic heterocycles. The van der Waals surface area contributed by atoms with Gasteiger partial charge < -0.3 is 25.4 Å². The fourth-order valence-electron chi connectivity index (χ4n) is 3.20. The SMILES string of the molecule is O=c1nc(Nc2ccc(Oc3cnc(C(O)O)cn3)cc2)n(Cc2ccc(Cl)cc2)c(=O)n1CCO. The molecule has 0 unspecified atom stereocenters. The molecule has 186 valence electrons. The van der Waals surface area contributed by atoms with Crippen molar-refractivity contribution < 1.29 is 20.1 Å². The Labute approximate surface area is 208 Å². The lowest BCUT2D eigenvalue weighted by molar-refractivity contribution is -0.0461. The van der Waals surface area contributed by atoms with Crippen LogP contribution in [0.15, 0.2) is 70.5 Å². The van der Waals surface area contributed by atoms with E-state index in [9.17, 15) is 14.7 Å². The number of aliphatic hydroxyl groups excluding tert-OH is 2. The van der Waals surface area contributed by atoms with Crippen molar-refractivity contribution in [3.05, 3.63) is 98.2 Å². The molecule has 0 bridgehead atoms. The second-order valence-corrected chi connectivity index (χ2v) is 7.93. The lowest BCUT2D eigenvalue weighted by atomic mass is 10.2. The first-order chi connectivity index (χ1) is 17.3. The average molecular weight is 513 g/mol. The minimum Gasteiger partial charge on any atom is -0.438 e. The van der Waals surface area contributed by atoms with Crippen LogP contribution < -0.4 is 21.4 Å². The molecular formula is C23H21ClN6O6. The highest BCUT2D eigenvalue weighted by Gasteiger charge is 2.14. The number of ether oxygens (including phenoxy) is 1. The number of nitrogens with one attached hydrogen (secondary N) is 1. The number of aromatic nitrogens is 5. The van der Waals surface area contributed by atoms with E-state index >= 15 is 0 Å². The Hall–Kier alpha value is -4.10. The largest absolute Gasteiger partial charge is 0.438 e. The van der Waals surface area contributed by atoms with E-state index in [0.29, 0.717) is 16.5 Å². The normalized spacial score (nSPS) is 11.0. The highest BCUT2D eigenvalue weighted by molar-refractivity contribution is 6.30. The number of nitrogens with zero attached hydrogens (tertiary/aromatic N) is 5. The molecule has 4 aromatic rings. The smallest absolute Gasteiger partial charge is 0.355 e. The summed E-state index contributed by atoms with van der Waals surface area (Å²) in [5.41, 5.74) is -0.163. The summed E-state index contributed by atoms with van der Waals surface area (Å²) in [5.74, 6) is 0.579. The van der Waals surface area contributed by atoms with Gasteiger partial charge in [0, 0.05) is 10.7 Å². The number of aliphatic hydroxyl groups is 3. The molecule has 13 heteroatoms.